The van der Waals surface area contributed by atoms with E-state index in [1.807, 2.05) is 0 Å². The lowest BCUT2D eigenvalue weighted by Gasteiger charge is -2.39. The van der Waals surface area contributed by atoms with Crippen molar-refractivity contribution in [1.29, 1.82) is 0 Å². The molecule has 10 nitrogen and oxygen atoms in total. The number of nitrogens with one attached hydrogen (secondary N) is 1. The van der Waals surface area contributed by atoms with Crippen molar-refractivity contribution in [3.63, 3.8) is 0 Å². The van der Waals surface area contributed by atoms with Gasteiger partial charge in [-0.05, 0) is 49.8 Å². The number of hydrogen-bond acceptors (Lipinski definition) is 8. The predicted molar refractivity (Wildman–Crippen MR) is 160 cm³/mol. The molecule has 1 aromatic carbocycles. The molecule has 1 unspecified atom stereocenters. The fourth-order valence-corrected chi connectivity index (χ4v) is 5.47. The van der Waals surface area contributed by atoms with Gasteiger partial charge in [0.2, 0.25) is 11.9 Å². The Morgan fingerprint density at radius 3 is 2.40 bits per heavy atom. The molecule has 0 radical (unpaired) electrons. The summed E-state index contributed by atoms with van der Waals surface area (Å²) in [4.78, 5) is 43.0. The summed E-state index contributed by atoms with van der Waals surface area (Å²) in [6.45, 7) is 16.5. The molecule has 2 aromatic heterocycles. The number of hydrogen-bond donors (Lipinski definition) is 1. The number of aromatic nitrogens is 3. The zero-order valence-corrected chi connectivity index (χ0v) is 23.6. The first kappa shape index (κ1) is 27.8. The van der Waals surface area contributed by atoms with Crippen LogP contribution in [-0.4, -0.2) is 100 Å². The van der Waals surface area contributed by atoms with E-state index in [4.69, 9.17) is 4.98 Å². The molecule has 0 spiro atoms. The Balaban J connectivity index is 1.23. The fourth-order valence-electron chi connectivity index (χ4n) is 5.47. The van der Waals surface area contributed by atoms with E-state index in [-0.39, 0.29) is 11.5 Å². The van der Waals surface area contributed by atoms with Crippen molar-refractivity contribution in [3.05, 3.63) is 65.6 Å². The van der Waals surface area contributed by atoms with Crippen molar-refractivity contribution in [3.8, 4) is 0 Å². The second-order valence-corrected chi connectivity index (χ2v) is 10.6. The average Bonchev–Trinajstić information content (AvgIpc) is 3.00. The number of carbonyl (C=O) groups excluding carboxylic acids is 1. The first-order chi connectivity index (χ1) is 19.4. The van der Waals surface area contributed by atoms with Crippen LogP contribution in [0.15, 0.2) is 60.0 Å². The third-order valence-electron chi connectivity index (χ3n) is 8.24. The number of amides is 1. The van der Waals surface area contributed by atoms with Gasteiger partial charge in [-0.2, -0.15) is 4.98 Å². The summed E-state index contributed by atoms with van der Waals surface area (Å²) in [5.74, 6) is 0.425. The van der Waals surface area contributed by atoms with Gasteiger partial charge < -0.3 is 15.1 Å². The molecule has 212 valence electrons. The molecule has 2 aliphatic rings. The second-order valence-electron chi connectivity index (χ2n) is 10.6. The Bertz CT molecular complexity index is 1370. The Hall–Kier alpha value is -3.76. The smallest absolute Gasteiger partial charge is 0.252 e. The van der Waals surface area contributed by atoms with E-state index in [2.05, 4.69) is 69.7 Å². The molecule has 0 bridgehead atoms. The molecular formula is C30H40N8O2. The van der Waals surface area contributed by atoms with E-state index < -0.39 is 0 Å². The highest BCUT2D eigenvalue weighted by Gasteiger charge is 2.21. The molecule has 10 heteroatoms. The lowest BCUT2D eigenvalue weighted by atomic mass is 10.1. The predicted octanol–water partition coefficient (Wildman–Crippen LogP) is 2.79. The third-order valence-corrected chi connectivity index (χ3v) is 8.24. The van der Waals surface area contributed by atoms with Crippen molar-refractivity contribution in [1.82, 2.24) is 29.2 Å². The lowest BCUT2D eigenvalue weighted by Crippen LogP contribution is -2.49. The average molecular weight is 545 g/mol. The molecule has 1 amide bonds. The van der Waals surface area contributed by atoms with Crippen LogP contribution in [0.1, 0.15) is 20.3 Å². The first-order valence-electron chi connectivity index (χ1n) is 14.3. The second kappa shape index (κ2) is 12.6. The van der Waals surface area contributed by atoms with Gasteiger partial charge in [-0.1, -0.05) is 13.5 Å². The van der Waals surface area contributed by atoms with Gasteiger partial charge in [-0.3, -0.25) is 24.0 Å². The number of fused-ring (bicyclic) bond motifs is 1. The topological polar surface area (TPSA) is 89.8 Å². The molecule has 40 heavy (non-hydrogen) atoms. The Kier molecular flexibility index (Phi) is 8.76. The van der Waals surface area contributed by atoms with Crippen molar-refractivity contribution >= 4 is 34.3 Å². The summed E-state index contributed by atoms with van der Waals surface area (Å²) >= 11 is 0. The number of anilines is 3. The summed E-state index contributed by atoms with van der Waals surface area (Å²) in [6.07, 6.45) is 4.30. The minimum atomic E-state index is -0.0876. The van der Waals surface area contributed by atoms with Gasteiger partial charge in [0.05, 0.1) is 0 Å². The Labute approximate surface area is 235 Å². The normalized spacial score (nSPS) is 17.6. The van der Waals surface area contributed by atoms with E-state index >= 15 is 0 Å². The third kappa shape index (κ3) is 6.34. The van der Waals surface area contributed by atoms with Crippen LogP contribution < -0.4 is 15.8 Å². The molecule has 2 saturated heterocycles. The summed E-state index contributed by atoms with van der Waals surface area (Å²) in [6, 6.07) is 12.4. The zero-order chi connectivity index (χ0) is 28.1. The van der Waals surface area contributed by atoms with Gasteiger partial charge in [-0.15, -0.1) is 0 Å². The quantitative estimate of drug-likeness (QED) is 0.412. The number of piperazine rings is 2. The van der Waals surface area contributed by atoms with E-state index in [0.717, 1.165) is 50.3 Å². The Morgan fingerprint density at radius 1 is 1.00 bits per heavy atom. The highest BCUT2D eigenvalue weighted by atomic mass is 16.2. The fraction of sp³-hybridized carbons (Fsp3) is 0.467. The zero-order valence-electron chi connectivity index (χ0n) is 23.6. The maximum absolute atomic E-state index is 12.8. The first-order valence-corrected chi connectivity index (χ1v) is 14.3. The lowest BCUT2D eigenvalue weighted by molar-refractivity contribution is -0.127. The summed E-state index contributed by atoms with van der Waals surface area (Å²) in [5.41, 5.74) is 2.65. The van der Waals surface area contributed by atoms with Crippen LogP contribution in [0.3, 0.4) is 0 Å². The molecule has 0 aliphatic carbocycles. The van der Waals surface area contributed by atoms with Crippen molar-refractivity contribution in [2.75, 3.05) is 69.1 Å². The van der Waals surface area contributed by atoms with Gasteiger partial charge in [0.15, 0.2) is 0 Å². The maximum atomic E-state index is 12.8. The molecular weight excluding hydrogens is 504 g/mol. The SMILES string of the molecule is C=CC(=O)N1CCN(CCn2c(=O)ccc3cnc(Nc4ccc(N5CCN(C(C)CC)CC5)cc4)nc32)CC1. The van der Waals surface area contributed by atoms with Crippen LogP contribution in [0.5, 0.6) is 0 Å². The number of carbonyl (C=O) groups is 1. The highest BCUT2D eigenvalue weighted by molar-refractivity contribution is 5.87. The van der Waals surface area contributed by atoms with Crippen LogP contribution in [-0.2, 0) is 11.3 Å². The number of benzene rings is 1. The van der Waals surface area contributed by atoms with Gasteiger partial charge in [0, 0.05) is 101 Å². The minimum absolute atomic E-state index is 0.0313. The van der Waals surface area contributed by atoms with Crippen molar-refractivity contribution < 1.29 is 4.79 Å². The standard InChI is InChI=1S/C30H40N8O2/c1-4-23(3)35-17-19-36(20-18-35)26-9-7-25(8-10-26)32-30-31-22-24-6-11-28(40)38(29(24)33-30)21-14-34-12-15-37(16-13-34)27(39)5-2/h5-11,22-23H,2,4,12-21H2,1,3H3,(H,31,32,33). The number of rotatable bonds is 9. The van der Waals surface area contributed by atoms with Crippen molar-refractivity contribution in [2.24, 2.45) is 0 Å². The molecule has 0 saturated carbocycles. The number of pyridine rings is 1. The van der Waals surface area contributed by atoms with Gasteiger partial charge in [0.25, 0.3) is 5.56 Å². The van der Waals surface area contributed by atoms with Crippen LogP contribution in [0.25, 0.3) is 11.0 Å². The van der Waals surface area contributed by atoms with Gasteiger partial charge >= 0.3 is 0 Å². The molecule has 1 N–H and O–H groups in total. The summed E-state index contributed by atoms with van der Waals surface area (Å²) in [5, 5.41) is 4.13. The molecule has 4 heterocycles. The van der Waals surface area contributed by atoms with E-state index in [1.165, 1.54) is 18.2 Å². The molecule has 2 aliphatic heterocycles. The van der Waals surface area contributed by atoms with Gasteiger partial charge in [0.1, 0.15) is 5.65 Å². The molecule has 3 aromatic rings. The summed E-state index contributed by atoms with van der Waals surface area (Å²) < 4.78 is 1.71. The molecule has 2 fully saturated rings. The maximum Gasteiger partial charge on any atom is 0.252 e. The molecule has 5 rings (SSSR count). The largest absolute Gasteiger partial charge is 0.369 e. The van der Waals surface area contributed by atoms with E-state index in [0.29, 0.717) is 43.8 Å². The van der Waals surface area contributed by atoms with Gasteiger partial charge in [-0.25, -0.2) is 4.98 Å². The van der Waals surface area contributed by atoms with Crippen LogP contribution in [0.2, 0.25) is 0 Å². The van der Waals surface area contributed by atoms with E-state index in [1.54, 1.807) is 27.8 Å². The highest BCUT2D eigenvalue weighted by Crippen LogP contribution is 2.22. The van der Waals surface area contributed by atoms with Crippen LogP contribution in [0, 0.1) is 0 Å². The summed E-state index contributed by atoms with van der Waals surface area (Å²) in [7, 11) is 0. The minimum Gasteiger partial charge on any atom is -0.369 e. The van der Waals surface area contributed by atoms with Crippen molar-refractivity contribution in [2.45, 2.75) is 32.9 Å². The molecule has 1 atom stereocenters. The van der Waals surface area contributed by atoms with E-state index in [9.17, 15) is 9.59 Å². The Morgan fingerprint density at radius 2 is 1.73 bits per heavy atom. The van der Waals surface area contributed by atoms with Crippen LogP contribution >= 0.6 is 0 Å². The van der Waals surface area contributed by atoms with Crippen LogP contribution in [0.4, 0.5) is 17.3 Å². The number of nitrogens with zero attached hydrogens (tertiary/aromatic N) is 7. The monoisotopic (exact) mass is 544 g/mol.